The average Bonchev–Trinajstić information content (AvgIpc) is 2.58. The van der Waals surface area contributed by atoms with Crippen LogP contribution in [0, 0.1) is 11.8 Å². The quantitative estimate of drug-likeness (QED) is 0.649. The van der Waals surface area contributed by atoms with E-state index in [9.17, 15) is 10.2 Å². The lowest BCUT2D eigenvalue weighted by atomic mass is 9.68. The van der Waals surface area contributed by atoms with Crippen molar-refractivity contribution in [3.63, 3.8) is 0 Å². The summed E-state index contributed by atoms with van der Waals surface area (Å²) in [5.74, 6) is 2.21. The van der Waals surface area contributed by atoms with Gasteiger partial charge >= 0.3 is 0 Å². The number of benzene rings is 2. The Morgan fingerprint density at radius 1 is 0.708 bits per heavy atom. The zero-order valence-corrected chi connectivity index (χ0v) is 15.2. The van der Waals surface area contributed by atoms with E-state index in [2.05, 4.69) is 39.8 Å². The highest BCUT2D eigenvalue weighted by atomic mass is 16.3. The smallest absolute Gasteiger partial charge is 0.115 e. The first-order chi connectivity index (χ1) is 11.5. The Labute approximate surface area is 146 Å². The second kappa shape index (κ2) is 8.23. The highest BCUT2D eigenvalue weighted by Crippen LogP contribution is 2.46. The molecule has 0 heterocycles. The summed E-state index contributed by atoms with van der Waals surface area (Å²) < 4.78 is 0. The molecule has 0 saturated carbocycles. The maximum absolute atomic E-state index is 9.97. The minimum absolute atomic E-state index is 0.304. The topological polar surface area (TPSA) is 40.5 Å². The lowest BCUT2D eigenvalue weighted by Gasteiger charge is -2.36. The van der Waals surface area contributed by atoms with Crippen LogP contribution in [0.1, 0.15) is 63.5 Å². The molecule has 2 heteroatoms. The van der Waals surface area contributed by atoms with Crippen molar-refractivity contribution in [1.82, 2.24) is 0 Å². The number of hydrogen-bond acceptors (Lipinski definition) is 2. The highest BCUT2D eigenvalue weighted by molar-refractivity contribution is 5.37. The molecule has 0 aliphatic heterocycles. The minimum Gasteiger partial charge on any atom is -0.508 e. The third-order valence-electron chi connectivity index (χ3n) is 5.41. The average molecular weight is 326 g/mol. The fraction of sp³-hybridized carbons (Fsp3) is 0.455. The largest absolute Gasteiger partial charge is 0.508 e. The van der Waals surface area contributed by atoms with Crippen molar-refractivity contribution in [2.75, 3.05) is 0 Å². The van der Waals surface area contributed by atoms with E-state index in [0.717, 1.165) is 12.8 Å². The zero-order valence-electron chi connectivity index (χ0n) is 15.2. The molecule has 2 N–H and O–H groups in total. The maximum Gasteiger partial charge on any atom is 0.115 e. The molecule has 2 nitrogen and oxygen atoms in total. The monoisotopic (exact) mass is 326 g/mol. The molecule has 0 saturated heterocycles. The molecule has 2 unspecified atom stereocenters. The van der Waals surface area contributed by atoms with Gasteiger partial charge in [-0.2, -0.15) is 0 Å². The molecule has 0 spiro atoms. The Kier molecular flexibility index (Phi) is 6.30. The van der Waals surface area contributed by atoms with Crippen molar-refractivity contribution in [1.29, 1.82) is 0 Å². The van der Waals surface area contributed by atoms with Crippen LogP contribution in [0.4, 0.5) is 0 Å². The molecule has 0 fully saturated rings. The molecule has 24 heavy (non-hydrogen) atoms. The van der Waals surface area contributed by atoms with Crippen LogP contribution < -0.4 is 0 Å². The number of aromatic hydroxyl groups is 2. The van der Waals surface area contributed by atoms with Crippen molar-refractivity contribution < 1.29 is 10.2 Å². The van der Waals surface area contributed by atoms with Gasteiger partial charge in [0.05, 0.1) is 0 Å². The fourth-order valence-electron chi connectivity index (χ4n) is 3.75. The van der Waals surface area contributed by atoms with Gasteiger partial charge in [-0.1, -0.05) is 64.8 Å². The van der Waals surface area contributed by atoms with Crippen molar-refractivity contribution >= 4 is 0 Å². The number of phenolic OH excluding ortho intramolecular Hbond substituents is 2. The molecule has 4 atom stereocenters. The molecule has 0 radical (unpaired) electrons. The molecule has 130 valence electrons. The van der Waals surface area contributed by atoms with Gasteiger partial charge < -0.3 is 10.2 Å². The Hall–Kier alpha value is -1.96. The summed E-state index contributed by atoms with van der Waals surface area (Å²) in [6.45, 7) is 9.01. The Morgan fingerprint density at radius 3 is 1.38 bits per heavy atom. The summed E-state index contributed by atoms with van der Waals surface area (Å²) in [5.41, 5.74) is 2.36. The van der Waals surface area contributed by atoms with Crippen molar-refractivity contribution in [3.05, 3.63) is 59.7 Å². The van der Waals surface area contributed by atoms with E-state index >= 15 is 0 Å². The fourth-order valence-corrected chi connectivity index (χ4v) is 3.75. The van der Waals surface area contributed by atoms with Gasteiger partial charge in [-0.15, -0.1) is 0 Å². The predicted molar refractivity (Wildman–Crippen MR) is 101 cm³/mol. The van der Waals surface area contributed by atoms with Crippen LogP contribution in [-0.4, -0.2) is 10.2 Å². The van der Waals surface area contributed by atoms with E-state index in [-0.39, 0.29) is 0 Å². The van der Waals surface area contributed by atoms with Gasteiger partial charge in [0, 0.05) is 0 Å². The summed E-state index contributed by atoms with van der Waals surface area (Å²) in [6, 6.07) is 15.3. The second-order valence-electron chi connectivity index (χ2n) is 7.01. The Bertz CT molecular complexity index is 592. The SMILES string of the molecule is CCC(C)[C@@H](c1cccc(O)c1)[C@@H](c1cccc(O)c1)C(C)CC. The standard InChI is InChI=1S/C22H30O2/c1-5-15(3)21(17-9-7-11-19(23)13-17)22(16(4)6-2)18-10-8-12-20(24)14-18/h7-16,21-24H,5-6H2,1-4H3/t15?,16?,21-,22+. The van der Waals surface area contributed by atoms with E-state index in [0.29, 0.717) is 35.2 Å². The Morgan fingerprint density at radius 2 is 1.08 bits per heavy atom. The third kappa shape index (κ3) is 4.11. The van der Waals surface area contributed by atoms with Gasteiger partial charge in [-0.05, 0) is 59.1 Å². The van der Waals surface area contributed by atoms with Crippen LogP contribution >= 0.6 is 0 Å². The summed E-state index contributed by atoms with van der Waals surface area (Å²) in [6.07, 6.45) is 2.15. The van der Waals surface area contributed by atoms with E-state index in [1.54, 1.807) is 12.1 Å². The molecular formula is C22H30O2. The predicted octanol–water partition coefficient (Wildman–Crippen LogP) is 6.06. The number of rotatable bonds is 7. The van der Waals surface area contributed by atoms with Crippen LogP contribution in [0.25, 0.3) is 0 Å². The number of hydrogen-bond donors (Lipinski definition) is 2. The molecule has 0 bridgehead atoms. The van der Waals surface area contributed by atoms with E-state index < -0.39 is 0 Å². The molecule has 0 aliphatic rings. The minimum atomic E-state index is 0.304. The van der Waals surface area contributed by atoms with Gasteiger partial charge in [-0.3, -0.25) is 0 Å². The Balaban J connectivity index is 2.56. The van der Waals surface area contributed by atoms with Gasteiger partial charge in [-0.25, -0.2) is 0 Å². The van der Waals surface area contributed by atoms with Crippen LogP contribution in [0.3, 0.4) is 0 Å². The lowest BCUT2D eigenvalue weighted by Crippen LogP contribution is -2.23. The molecule has 2 aromatic rings. The van der Waals surface area contributed by atoms with E-state index in [1.807, 2.05) is 24.3 Å². The highest BCUT2D eigenvalue weighted by Gasteiger charge is 2.32. The van der Waals surface area contributed by atoms with Gasteiger partial charge in [0.1, 0.15) is 11.5 Å². The van der Waals surface area contributed by atoms with Crippen LogP contribution in [0.15, 0.2) is 48.5 Å². The van der Waals surface area contributed by atoms with Crippen molar-refractivity contribution in [2.45, 2.75) is 52.4 Å². The number of phenols is 2. The van der Waals surface area contributed by atoms with Crippen LogP contribution in [-0.2, 0) is 0 Å². The van der Waals surface area contributed by atoms with Crippen LogP contribution in [0.2, 0.25) is 0 Å². The third-order valence-corrected chi connectivity index (χ3v) is 5.41. The first-order valence-corrected chi connectivity index (χ1v) is 9.05. The second-order valence-corrected chi connectivity index (χ2v) is 7.01. The van der Waals surface area contributed by atoms with Crippen LogP contribution in [0.5, 0.6) is 11.5 Å². The van der Waals surface area contributed by atoms with Crippen molar-refractivity contribution in [3.8, 4) is 11.5 Å². The summed E-state index contributed by atoms with van der Waals surface area (Å²) in [5, 5.41) is 19.9. The van der Waals surface area contributed by atoms with Crippen molar-refractivity contribution in [2.24, 2.45) is 11.8 Å². The molecule has 2 rings (SSSR count). The summed E-state index contributed by atoms with van der Waals surface area (Å²) in [4.78, 5) is 0. The maximum atomic E-state index is 9.97. The van der Waals surface area contributed by atoms with Gasteiger partial charge in [0.2, 0.25) is 0 Å². The van der Waals surface area contributed by atoms with Gasteiger partial charge in [0.15, 0.2) is 0 Å². The van der Waals surface area contributed by atoms with E-state index in [4.69, 9.17) is 0 Å². The molecule has 0 amide bonds. The first kappa shape index (κ1) is 18.4. The molecule has 0 aromatic heterocycles. The zero-order chi connectivity index (χ0) is 17.7. The lowest BCUT2D eigenvalue weighted by molar-refractivity contribution is 0.305. The molecular weight excluding hydrogens is 296 g/mol. The normalized spacial score (nSPS) is 16.3. The first-order valence-electron chi connectivity index (χ1n) is 9.05. The molecule has 2 aromatic carbocycles. The summed E-state index contributed by atoms with van der Waals surface area (Å²) in [7, 11) is 0. The molecule has 0 aliphatic carbocycles. The van der Waals surface area contributed by atoms with E-state index in [1.165, 1.54) is 11.1 Å². The van der Waals surface area contributed by atoms with Gasteiger partial charge in [0.25, 0.3) is 0 Å². The summed E-state index contributed by atoms with van der Waals surface area (Å²) >= 11 is 0.